The Labute approximate surface area is 206 Å². The van der Waals surface area contributed by atoms with Crippen LogP contribution in [0.1, 0.15) is 61.7 Å². The molecule has 0 N–H and O–H groups in total. The van der Waals surface area contributed by atoms with Crippen LogP contribution in [0.4, 0.5) is 5.82 Å². The van der Waals surface area contributed by atoms with Gasteiger partial charge < -0.3 is 14.5 Å². The number of piperazine rings is 1. The highest BCUT2D eigenvalue weighted by atomic mass is 32.1. The van der Waals surface area contributed by atoms with Crippen LogP contribution < -0.4 is 9.64 Å². The summed E-state index contributed by atoms with van der Waals surface area (Å²) in [5.74, 6) is 3.15. The van der Waals surface area contributed by atoms with Crippen LogP contribution in [-0.4, -0.2) is 53.6 Å². The first-order valence-electron chi connectivity index (χ1n) is 12.7. The number of ether oxygens (including phenoxy) is 1. The molecule has 2 aromatic heterocycles. The molecule has 1 fully saturated rings. The van der Waals surface area contributed by atoms with Gasteiger partial charge in [0.15, 0.2) is 6.61 Å². The fourth-order valence-corrected chi connectivity index (χ4v) is 6.15. The minimum Gasteiger partial charge on any atom is -0.484 e. The highest BCUT2D eigenvalue weighted by molar-refractivity contribution is 7.19. The van der Waals surface area contributed by atoms with Crippen LogP contribution in [0.25, 0.3) is 10.2 Å². The number of aryl methyl sites for hydroxylation is 2. The van der Waals surface area contributed by atoms with E-state index in [9.17, 15) is 4.79 Å². The number of nitrogens with zero attached hydrogens (tertiary/aromatic N) is 4. The third-order valence-corrected chi connectivity index (χ3v) is 8.34. The number of rotatable bonds is 6. The lowest BCUT2D eigenvalue weighted by Crippen LogP contribution is -2.50. The summed E-state index contributed by atoms with van der Waals surface area (Å²) >= 11 is 1.88. The van der Waals surface area contributed by atoms with Crippen LogP contribution in [0.2, 0.25) is 0 Å². The van der Waals surface area contributed by atoms with E-state index in [1.54, 1.807) is 0 Å². The largest absolute Gasteiger partial charge is 0.484 e. The zero-order chi connectivity index (χ0) is 23.5. The van der Waals surface area contributed by atoms with Gasteiger partial charge >= 0.3 is 0 Å². The summed E-state index contributed by atoms with van der Waals surface area (Å²) in [5.41, 5.74) is 1.48. The molecule has 180 valence electrons. The van der Waals surface area contributed by atoms with Crippen molar-refractivity contribution in [1.82, 2.24) is 14.9 Å². The van der Waals surface area contributed by atoms with E-state index in [4.69, 9.17) is 14.7 Å². The molecule has 2 aliphatic rings. The first-order valence-corrected chi connectivity index (χ1v) is 13.5. The second kappa shape index (κ2) is 10.3. The molecule has 1 saturated heterocycles. The molecule has 1 amide bonds. The molecule has 34 heavy (non-hydrogen) atoms. The number of anilines is 1. The van der Waals surface area contributed by atoms with Gasteiger partial charge in [0, 0.05) is 37.0 Å². The number of aromatic nitrogens is 2. The standard InChI is InChI=1S/C27H34N4O2S/c1-3-19(2)25-28-26(24-21-12-8-5-9-13-22(21)34-27(24)29-25)31-16-14-30(15-17-31)23(32)18-33-20-10-6-4-7-11-20/h4,6-7,10-11,19H,3,5,8-9,12-18H2,1-2H3. The predicted octanol–water partition coefficient (Wildman–Crippen LogP) is 5.20. The van der Waals surface area contributed by atoms with E-state index >= 15 is 0 Å². The molecular weight excluding hydrogens is 444 g/mol. The molecule has 3 heterocycles. The molecule has 1 aromatic carbocycles. The smallest absolute Gasteiger partial charge is 0.260 e. The van der Waals surface area contributed by atoms with Crippen molar-refractivity contribution in [3.63, 3.8) is 0 Å². The minimum atomic E-state index is 0.0426. The fourth-order valence-electron chi connectivity index (χ4n) is 4.88. The summed E-state index contributed by atoms with van der Waals surface area (Å²) in [6.07, 6.45) is 7.14. The van der Waals surface area contributed by atoms with Crippen LogP contribution in [-0.2, 0) is 17.6 Å². The lowest BCUT2D eigenvalue weighted by molar-refractivity contribution is -0.133. The summed E-state index contributed by atoms with van der Waals surface area (Å²) in [6.45, 7) is 7.44. The van der Waals surface area contributed by atoms with E-state index in [1.165, 1.54) is 35.1 Å². The molecule has 3 aromatic rings. The van der Waals surface area contributed by atoms with Gasteiger partial charge in [0.2, 0.25) is 0 Å². The summed E-state index contributed by atoms with van der Waals surface area (Å²) in [4.78, 5) is 29.9. The second-order valence-corrected chi connectivity index (χ2v) is 10.5. The predicted molar refractivity (Wildman–Crippen MR) is 138 cm³/mol. The average molecular weight is 479 g/mol. The van der Waals surface area contributed by atoms with E-state index in [0.717, 1.165) is 54.6 Å². The number of fused-ring (bicyclic) bond motifs is 3. The fraction of sp³-hybridized carbons (Fsp3) is 0.519. The number of carbonyl (C=O) groups is 1. The van der Waals surface area contributed by atoms with Gasteiger partial charge in [-0.3, -0.25) is 4.79 Å². The van der Waals surface area contributed by atoms with Crippen molar-refractivity contribution in [1.29, 1.82) is 0 Å². The summed E-state index contributed by atoms with van der Waals surface area (Å²) in [7, 11) is 0. The highest BCUT2D eigenvalue weighted by Crippen LogP contribution is 2.40. The molecule has 0 spiro atoms. The molecule has 0 saturated carbocycles. The van der Waals surface area contributed by atoms with Crippen molar-refractivity contribution in [2.75, 3.05) is 37.7 Å². The van der Waals surface area contributed by atoms with E-state index in [1.807, 2.05) is 46.6 Å². The SMILES string of the molecule is CCC(C)c1nc(N2CCN(C(=O)COc3ccccc3)CC2)c2c3c(sc2n1)CCCCC3. The average Bonchev–Trinajstić information content (AvgIpc) is 3.07. The Hall–Kier alpha value is -2.67. The van der Waals surface area contributed by atoms with Crippen LogP contribution >= 0.6 is 11.3 Å². The quantitative estimate of drug-likeness (QED) is 0.456. The van der Waals surface area contributed by atoms with Gasteiger partial charge in [0.1, 0.15) is 22.2 Å². The summed E-state index contributed by atoms with van der Waals surface area (Å²) < 4.78 is 5.68. The first kappa shape index (κ1) is 23.1. The van der Waals surface area contributed by atoms with E-state index < -0.39 is 0 Å². The third-order valence-electron chi connectivity index (χ3n) is 7.15. The Morgan fingerprint density at radius 1 is 1.06 bits per heavy atom. The van der Waals surface area contributed by atoms with Crippen molar-refractivity contribution in [3.05, 3.63) is 46.6 Å². The summed E-state index contributed by atoms with van der Waals surface area (Å²) in [6, 6.07) is 9.53. The topological polar surface area (TPSA) is 58.6 Å². The number of hydrogen-bond acceptors (Lipinski definition) is 6. The number of amides is 1. The van der Waals surface area contributed by atoms with Crippen LogP contribution in [0.15, 0.2) is 30.3 Å². The van der Waals surface area contributed by atoms with Gasteiger partial charge in [-0.1, -0.05) is 38.5 Å². The number of hydrogen-bond donors (Lipinski definition) is 0. The maximum Gasteiger partial charge on any atom is 0.260 e. The molecule has 0 radical (unpaired) electrons. The van der Waals surface area contributed by atoms with Crippen LogP contribution in [0.3, 0.4) is 0 Å². The number of carbonyl (C=O) groups excluding carboxylic acids is 1. The first-order chi connectivity index (χ1) is 16.6. The second-order valence-electron chi connectivity index (χ2n) is 9.43. The van der Waals surface area contributed by atoms with Gasteiger partial charge in [-0.25, -0.2) is 9.97 Å². The van der Waals surface area contributed by atoms with E-state index in [0.29, 0.717) is 19.0 Å². The molecule has 5 rings (SSSR count). The zero-order valence-corrected chi connectivity index (χ0v) is 21.1. The maximum absolute atomic E-state index is 12.8. The Balaban J connectivity index is 1.35. The zero-order valence-electron chi connectivity index (χ0n) is 20.3. The van der Waals surface area contributed by atoms with Gasteiger partial charge in [-0.05, 0) is 49.8 Å². The highest BCUT2D eigenvalue weighted by Gasteiger charge is 2.28. The molecule has 0 bridgehead atoms. The third kappa shape index (κ3) is 4.76. The monoisotopic (exact) mass is 478 g/mol. The minimum absolute atomic E-state index is 0.0426. The van der Waals surface area contributed by atoms with Crippen molar-refractivity contribution >= 4 is 33.3 Å². The van der Waals surface area contributed by atoms with Crippen molar-refractivity contribution in [2.45, 2.75) is 58.3 Å². The Morgan fingerprint density at radius 2 is 1.82 bits per heavy atom. The molecule has 1 aliphatic carbocycles. The lowest BCUT2D eigenvalue weighted by Gasteiger charge is -2.36. The molecule has 1 aliphatic heterocycles. The Kier molecular flexibility index (Phi) is 6.99. The van der Waals surface area contributed by atoms with Crippen molar-refractivity contribution < 1.29 is 9.53 Å². The van der Waals surface area contributed by atoms with Gasteiger partial charge in [-0.15, -0.1) is 11.3 Å². The van der Waals surface area contributed by atoms with E-state index in [-0.39, 0.29) is 12.5 Å². The molecule has 7 heteroatoms. The van der Waals surface area contributed by atoms with Crippen molar-refractivity contribution in [2.24, 2.45) is 0 Å². The van der Waals surface area contributed by atoms with Gasteiger partial charge in [-0.2, -0.15) is 0 Å². The number of benzene rings is 1. The lowest BCUT2D eigenvalue weighted by atomic mass is 10.1. The van der Waals surface area contributed by atoms with Gasteiger partial charge in [0.05, 0.1) is 5.39 Å². The Morgan fingerprint density at radius 3 is 2.59 bits per heavy atom. The van der Waals surface area contributed by atoms with Crippen LogP contribution in [0, 0.1) is 0 Å². The molecular formula is C27H34N4O2S. The van der Waals surface area contributed by atoms with Crippen molar-refractivity contribution in [3.8, 4) is 5.75 Å². The number of para-hydroxylation sites is 1. The normalized spacial score (nSPS) is 17.4. The van der Waals surface area contributed by atoms with E-state index in [2.05, 4.69) is 18.7 Å². The summed E-state index contributed by atoms with van der Waals surface area (Å²) in [5, 5.41) is 1.28. The molecule has 1 atom stereocenters. The number of thiophene rings is 1. The Bertz CT molecular complexity index is 1140. The molecule has 6 nitrogen and oxygen atoms in total. The molecule has 1 unspecified atom stereocenters. The maximum atomic E-state index is 12.8. The van der Waals surface area contributed by atoms with Crippen LogP contribution in [0.5, 0.6) is 5.75 Å². The van der Waals surface area contributed by atoms with Gasteiger partial charge in [0.25, 0.3) is 5.91 Å².